The summed E-state index contributed by atoms with van der Waals surface area (Å²) >= 11 is 5.69. The number of amidine groups is 1. The third kappa shape index (κ3) is 7.35. The van der Waals surface area contributed by atoms with Gasteiger partial charge in [-0.2, -0.15) is 0 Å². The average Bonchev–Trinajstić information content (AvgIpc) is 3.22. The number of para-hydroxylation sites is 1. The van der Waals surface area contributed by atoms with Gasteiger partial charge in [0, 0.05) is 0 Å². The molecule has 206 valence electrons. The Morgan fingerprint density at radius 1 is 0.951 bits per heavy atom. The van der Waals surface area contributed by atoms with Crippen LogP contribution >= 0.6 is 56.9 Å². The van der Waals surface area contributed by atoms with Crippen molar-refractivity contribution in [2.45, 2.75) is 13.2 Å². The Hall–Kier alpha value is -3.23. The maximum atomic E-state index is 13.6. The normalized spacial score (nSPS) is 15.1. The largest absolute Gasteiger partial charge is 0.487 e. The van der Waals surface area contributed by atoms with Crippen molar-refractivity contribution in [3.05, 3.63) is 131 Å². The molecule has 6 nitrogen and oxygen atoms in total. The van der Waals surface area contributed by atoms with Gasteiger partial charge in [-0.05, 0) is 128 Å². The predicted molar refractivity (Wildman–Crippen MR) is 176 cm³/mol. The summed E-state index contributed by atoms with van der Waals surface area (Å²) in [4.78, 5) is 31.7. The summed E-state index contributed by atoms with van der Waals surface area (Å²) in [5, 5.41) is 9.75. The highest BCUT2D eigenvalue weighted by molar-refractivity contribution is 14.1. The quantitative estimate of drug-likeness (QED) is 0.144. The monoisotopic (exact) mass is 790 g/mol. The summed E-state index contributed by atoms with van der Waals surface area (Å²) in [5.74, 6) is -0.808. The van der Waals surface area contributed by atoms with Gasteiger partial charge < -0.3 is 9.84 Å². The Labute approximate surface area is 267 Å². The Morgan fingerprint density at radius 2 is 1.66 bits per heavy atom. The van der Waals surface area contributed by atoms with Crippen LogP contribution in [0.3, 0.4) is 0 Å². The van der Waals surface area contributed by atoms with Gasteiger partial charge in [-0.25, -0.2) is 14.2 Å². The fourth-order valence-electron chi connectivity index (χ4n) is 4.01. The van der Waals surface area contributed by atoms with E-state index in [4.69, 9.17) is 9.73 Å². The van der Waals surface area contributed by atoms with Gasteiger partial charge in [-0.15, -0.1) is 0 Å². The Morgan fingerprint density at radius 3 is 2.32 bits per heavy atom. The van der Waals surface area contributed by atoms with E-state index in [1.807, 2.05) is 54.6 Å². The molecule has 1 aliphatic rings. The third-order valence-corrected chi connectivity index (χ3v) is 8.61. The number of nitrogens with zero attached hydrogens (tertiary/aromatic N) is 2. The number of hydrogen-bond donors (Lipinski definition) is 1. The molecule has 0 unspecified atom stereocenters. The van der Waals surface area contributed by atoms with Crippen molar-refractivity contribution < 1.29 is 23.8 Å². The molecule has 1 N–H and O–H groups in total. The van der Waals surface area contributed by atoms with E-state index in [0.717, 1.165) is 29.5 Å². The van der Waals surface area contributed by atoms with E-state index in [2.05, 4.69) is 45.2 Å². The smallest absolute Gasteiger partial charge is 0.335 e. The van der Waals surface area contributed by atoms with Crippen molar-refractivity contribution in [1.82, 2.24) is 4.90 Å². The fraction of sp³-hybridized carbons (Fsp3) is 0.0645. The SMILES string of the molecule is O=C(O)c1ccc(CN2C(=O)/C(=C/c3cc(I)c(OCc4cccc(F)c4)c(I)c3)SC2=Nc2ccccc2)cc1. The molecule has 4 aromatic carbocycles. The van der Waals surface area contributed by atoms with Gasteiger partial charge in [-0.1, -0.05) is 42.5 Å². The molecular weight excluding hydrogens is 769 g/mol. The second kappa shape index (κ2) is 13.2. The van der Waals surface area contributed by atoms with Crippen molar-refractivity contribution in [1.29, 1.82) is 0 Å². The van der Waals surface area contributed by atoms with Crippen LogP contribution in [0.15, 0.2) is 101 Å². The van der Waals surface area contributed by atoms with Gasteiger partial charge in [0.25, 0.3) is 5.91 Å². The van der Waals surface area contributed by atoms with E-state index >= 15 is 0 Å². The Bertz CT molecular complexity index is 1650. The zero-order chi connectivity index (χ0) is 28.9. The molecule has 1 fully saturated rings. The molecule has 41 heavy (non-hydrogen) atoms. The lowest BCUT2D eigenvalue weighted by Gasteiger charge is -2.16. The second-order valence-corrected chi connectivity index (χ2v) is 12.3. The molecule has 0 atom stereocenters. The topological polar surface area (TPSA) is 79.2 Å². The molecule has 1 saturated heterocycles. The minimum Gasteiger partial charge on any atom is -0.487 e. The summed E-state index contributed by atoms with van der Waals surface area (Å²) in [6, 6.07) is 26.0. The van der Waals surface area contributed by atoms with Crippen LogP contribution in [0.2, 0.25) is 0 Å². The number of ether oxygens (including phenoxy) is 1. The number of aromatic carboxylic acids is 1. The highest BCUT2D eigenvalue weighted by Gasteiger charge is 2.33. The molecule has 0 bridgehead atoms. The standard InChI is InChI=1S/C31H21FI2N2O4S/c32-23-6-4-5-20(13-23)18-40-28-25(33)14-21(15-26(28)34)16-27-29(37)36(17-19-9-11-22(12-10-19)30(38)39)31(41-27)35-24-7-2-1-3-8-24/h1-16H,17-18H2,(H,38,39)/b27-16-,35-31?. The molecule has 1 heterocycles. The van der Waals surface area contributed by atoms with Gasteiger partial charge in [0.15, 0.2) is 5.17 Å². The highest BCUT2D eigenvalue weighted by atomic mass is 127. The lowest BCUT2D eigenvalue weighted by atomic mass is 10.1. The summed E-state index contributed by atoms with van der Waals surface area (Å²) in [6.45, 7) is 0.483. The van der Waals surface area contributed by atoms with Crippen molar-refractivity contribution in [2.24, 2.45) is 4.99 Å². The van der Waals surface area contributed by atoms with Crippen LogP contribution in [0.1, 0.15) is 27.0 Å². The van der Waals surface area contributed by atoms with E-state index in [-0.39, 0.29) is 30.4 Å². The van der Waals surface area contributed by atoms with Crippen LogP contribution in [-0.4, -0.2) is 27.1 Å². The molecule has 1 amide bonds. The van der Waals surface area contributed by atoms with Crippen LogP contribution in [0.25, 0.3) is 6.08 Å². The number of carboxylic acids is 1. The molecule has 10 heteroatoms. The number of hydrogen-bond acceptors (Lipinski definition) is 5. The van der Waals surface area contributed by atoms with Gasteiger partial charge >= 0.3 is 5.97 Å². The molecular formula is C31H21FI2N2O4S. The number of rotatable bonds is 8. The molecule has 4 aromatic rings. The average molecular weight is 790 g/mol. The minimum absolute atomic E-state index is 0.183. The number of thioether (sulfide) groups is 1. The van der Waals surface area contributed by atoms with E-state index in [9.17, 15) is 19.1 Å². The number of carbonyl (C=O) groups is 2. The van der Waals surface area contributed by atoms with Crippen LogP contribution in [0.4, 0.5) is 10.1 Å². The number of halogens is 3. The molecule has 0 spiro atoms. The van der Waals surface area contributed by atoms with E-state index in [1.54, 1.807) is 23.1 Å². The summed E-state index contributed by atoms with van der Waals surface area (Å²) in [6.07, 6.45) is 1.84. The first-order chi connectivity index (χ1) is 19.8. The molecule has 1 aliphatic heterocycles. The van der Waals surface area contributed by atoms with Crippen molar-refractivity contribution in [3.63, 3.8) is 0 Å². The zero-order valence-corrected chi connectivity index (χ0v) is 26.4. The number of aliphatic imine (C=N–C) groups is 1. The summed E-state index contributed by atoms with van der Waals surface area (Å²) in [5.41, 5.74) is 3.26. The summed E-state index contributed by atoms with van der Waals surface area (Å²) < 4.78 is 21.3. The van der Waals surface area contributed by atoms with Crippen molar-refractivity contribution >= 4 is 85.8 Å². The number of carbonyl (C=O) groups excluding carboxylic acids is 1. The first-order valence-corrected chi connectivity index (χ1v) is 15.3. The fourth-order valence-corrected chi connectivity index (χ4v) is 7.14. The van der Waals surface area contributed by atoms with Crippen LogP contribution in [-0.2, 0) is 17.9 Å². The first-order valence-electron chi connectivity index (χ1n) is 12.3. The molecule has 0 aliphatic carbocycles. The van der Waals surface area contributed by atoms with Crippen molar-refractivity contribution in [2.75, 3.05) is 0 Å². The van der Waals surface area contributed by atoms with Crippen LogP contribution in [0, 0.1) is 13.0 Å². The second-order valence-electron chi connectivity index (χ2n) is 8.97. The molecule has 5 rings (SSSR count). The minimum atomic E-state index is -1.00. The van der Waals surface area contributed by atoms with Gasteiger partial charge in [0.1, 0.15) is 18.2 Å². The number of benzene rings is 4. The van der Waals surface area contributed by atoms with Gasteiger partial charge in [-0.3, -0.25) is 9.69 Å². The molecule has 0 saturated carbocycles. The lowest BCUT2D eigenvalue weighted by molar-refractivity contribution is -0.122. The maximum absolute atomic E-state index is 13.6. The highest BCUT2D eigenvalue weighted by Crippen LogP contribution is 2.37. The first kappa shape index (κ1) is 29.3. The van der Waals surface area contributed by atoms with E-state index in [0.29, 0.717) is 15.8 Å². The van der Waals surface area contributed by atoms with E-state index < -0.39 is 5.97 Å². The number of carboxylic acid groups (broad SMARTS) is 1. The maximum Gasteiger partial charge on any atom is 0.335 e. The molecule has 0 radical (unpaired) electrons. The van der Waals surface area contributed by atoms with Crippen LogP contribution in [0.5, 0.6) is 5.75 Å². The zero-order valence-electron chi connectivity index (χ0n) is 21.3. The Balaban J connectivity index is 1.41. The molecule has 0 aromatic heterocycles. The van der Waals surface area contributed by atoms with E-state index in [1.165, 1.54) is 36.0 Å². The van der Waals surface area contributed by atoms with Gasteiger partial charge in [0.05, 0.1) is 29.8 Å². The Kier molecular flexibility index (Phi) is 9.40. The summed E-state index contributed by atoms with van der Waals surface area (Å²) in [7, 11) is 0. The van der Waals surface area contributed by atoms with Crippen molar-refractivity contribution in [3.8, 4) is 5.75 Å². The van der Waals surface area contributed by atoms with Gasteiger partial charge in [0.2, 0.25) is 0 Å². The number of amides is 1. The van der Waals surface area contributed by atoms with Crippen LogP contribution < -0.4 is 4.74 Å². The third-order valence-electron chi connectivity index (χ3n) is 6.00. The lowest BCUT2D eigenvalue weighted by Crippen LogP contribution is -2.28. The predicted octanol–water partition coefficient (Wildman–Crippen LogP) is 8.12.